The molecule has 0 aliphatic heterocycles. The van der Waals surface area contributed by atoms with Crippen LogP contribution in [-0.4, -0.2) is 6.29 Å². The second kappa shape index (κ2) is 5.21. The van der Waals surface area contributed by atoms with Crippen LogP contribution >= 0.6 is 23.2 Å². The number of carbonyl (C=O) groups excluding carboxylic acids is 1. The van der Waals surface area contributed by atoms with Gasteiger partial charge in [0.2, 0.25) is 0 Å². The van der Waals surface area contributed by atoms with Crippen molar-refractivity contribution >= 4 is 29.5 Å². The lowest BCUT2D eigenvalue weighted by Gasteiger charge is -2.06. The zero-order valence-electron chi connectivity index (χ0n) is 8.69. The first-order chi connectivity index (χ1) is 8.19. The molecular formula is C13H8Cl2O2. The SMILES string of the molecule is O=Cc1cccc(Oc2ccc(Cl)c(Cl)c2)c1. The minimum atomic E-state index is 0.427. The van der Waals surface area contributed by atoms with Gasteiger partial charge in [0.15, 0.2) is 0 Å². The van der Waals surface area contributed by atoms with Crippen LogP contribution in [0.1, 0.15) is 10.4 Å². The molecule has 2 nitrogen and oxygen atoms in total. The summed E-state index contributed by atoms with van der Waals surface area (Å²) >= 11 is 11.7. The summed E-state index contributed by atoms with van der Waals surface area (Å²) in [5.41, 5.74) is 0.558. The highest BCUT2D eigenvalue weighted by molar-refractivity contribution is 6.42. The zero-order valence-corrected chi connectivity index (χ0v) is 10.2. The van der Waals surface area contributed by atoms with Gasteiger partial charge in [0.1, 0.15) is 17.8 Å². The summed E-state index contributed by atoms with van der Waals surface area (Å²) < 4.78 is 5.55. The number of ether oxygens (including phenoxy) is 1. The molecule has 0 spiro atoms. The predicted octanol–water partition coefficient (Wildman–Crippen LogP) is 4.60. The van der Waals surface area contributed by atoms with E-state index in [9.17, 15) is 4.79 Å². The second-order valence-corrected chi connectivity index (χ2v) is 4.18. The Hall–Kier alpha value is -1.51. The summed E-state index contributed by atoms with van der Waals surface area (Å²) in [6.45, 7) is 0. The van der Waals surface area contributed by atoms with Crippen molar-refractivity contribution in [2.75, 3.05) is 0 Å². The lowest BCUT2D eigenvalue weighted by Crippen LogP contribution is -1.86. The van der Waals surface area contributed by atoms with Crippen molar-refractivity contribution in [1.29, 1.82) is 0 Å². The van der Waals surface area contributed by atoms with Gasteiger partial charge >= 0.3 is 0 Å². The van der Waals surface area contributed by atoms with Gasteiger partial charge in [-0.05, 0) is 24.3 Å². The van der Waals surface area contributed by atoms with Crippen LogP contribution in [0, 0.1) is 0 Å². The molecule has 0 radical (unpaired) electrons. The van der Waals surface area contributed by atoms with E-state index in [1.54, 1.807) is 42.5 Å². The first kappa shape index (κ1) is 12.0. The van der Waals surface area contributed by atoms with E-state index < -0.39 is 0 Å². The molecule has 0 aliphatic carbocycles. The molecule has 0 bridgehead atoms. The molecule has 0 atom stereocenters. The molecule has 0 heterocycles. The van der Waals surface area contributed by atoms with Crippen LogP contribution in [0.3, 0.4) is 0 Å². The van der Waals surface area contributed by atoms with Crippen LogP contribution in [0.15, 0.2) is 42.5 Å². The number of hydrogen-bond donors (Lipinski definition) is 0. The van der Waals surface area contributed by atoms with Crippen LogP contribution < -0.4 is 4.74 Å². The fraction of sp³-hybridized carbons (Fsp3) is 0. The Balaban J connectivity index is 2.24. The van der Waals surface area contributed by atoms with Gasteiger partial charge < -0.3 is 4.74 Å². The molecule has 0 aromatic heterocycles. The zero-order chi connectivity index (χ0) is 12.3. The van der Waals surface area contributed by atoms with E-state index >= 15 is 0 Å². The molecule has 2 aromatic rings. The van der Waals surface area contributed by atoms with Gasteiger partial charge in [-0.2, -0.15) is 0 Å². The van der Waals surface area contributed by atoms with E-state index in [-0.39, 0.29) is 0 Å². The first-order valence-electron chi connectivity index (χ1n) is 4.87. The maximum absolute atomic E-state index is 10.6. The quantitative estimate of drug-likeness (QED) is 0.760. The summed E-state index contributed by atoms with van der Waals surface area (Å²) in [5.74, 6) is 1.15. The van der Waals surface area contributed by atoms with Gasteiger partial charge in [-0.25, -0.2) is 0 Å². The molecule has 0 aliphatic rings. The van der Waals surface area contributed by atoms with Gasteiger partial charge in [-0.1, -0.05) is 35.3 Å². The maximum atomic E-state index is 10.6. The van der Waals surface area contributed by atoms with Crippen LogP contribution in [0.25, 0.3) is 0 Å². The Morgan fingerprint density at radius 3 is 2.41 bits per heavy atom. The highest BCUT2D eigenvalue weighted by Crippen LogP contribution is 2.29. The van der Waals surface area contributed by atoms with Crippen molar-refractivity contribution in [3.8, 4) is 11.5 Å². The molecule has 0 saturated carbocycles. The summed E-state index contributed by atoms with van der Waals surface area (Å²) in [6.07, 6.45) is 0.766. The van der Waals surface area contributed by atoms with Crippen molar-refractivity contribution < 1.29 is 9.53 Å². The Morgan fingerprint density at radius 1 is 0.941 bits per heavy atom. The van der Waals surface area contributed by atoms with Crippen LogP contribution in [-0.2, 0) is 0 Å². The lowest BCUT2D eigenvalue weighted by molar-refractivity contribution is 0.112. The molecule has 0 N–H and O–H groups in total. The maximum Gasteiger partial charge on any atom is 0.150 e. The van der Waals surface area contributed by atoms with E-state index in [1.165, 1.54) is 0 Å². The number of benzene rings is 2. The molecule has 4 heteroatoms. The monoisotopic (exact) mass is 266 g/mol. The molecule has 0 saturated heterocycles. The van der Waals surface area contributed by atoms with Crippen molar-refractivity contribution in [2.45, 2.75) is 0 Å². The Bertz CT molecular complexity index is 553. The molecule has 0 fully saturated rings. The molecular weight excluding hydrogens is 259 g/mol. The number of hydrogen-bond acceptors (Lipinski definition) is 2. The van der Waals surface area contributed by atoms with Gasteiger partial charge in [0.25, 0.3) is 0 Å². The van der Waals surface area contributed by atoms with Crippen molar-refractivity contribution in [3.05, 3.63) is 58.1 Å². The number of halogens is 2. The summed E-state index contributed by atoms with van der Waals surface area (Å²) in [4.78, 5) is 10.6. The normalized spacial score (nSPS) is 10.0. The molecule has 2 rings (SSSR count). The third kappa shape index (κ3) is 2.99. The Labute approximate surface area is 109 Å². The lowest BCUT2D eigenvalue weighted by atomic mass is 10.2. The molecule has 17 heavy (non-hydrogen) atoms. The Kier molecular flexibility index (Phi) is 3.67. The largest absolute Gasteiger partial charge is 0.457 e. The fourth-order valence-electron chi connectivity index (χ4n) is 1.33. The van der Waals surface area contributed by atoms with Crippen LogP contribution in [0.2, 0.25) is 10.0 Å². The average molecular weight is 267 g/mol. The standard InChI is InChI=1S/C13H8Cl2O2/c14-12-5-4-11(7-13(12)15)17-10-3-1-2-9(6-10)8-16/h1-8H. The van der Waals surface area contributed by atoms with Gasteiger partial charge in [-0.15, -0.1) is 0 Å². The number of aldehydes is 1. The average Bonchev–Trinajstić information content (AvgIpc) is 2.34. The summed E-state index contributed by atoms with van der Waals surface area (Å²) in [7, 11) is 0. The van der Waals surface area contributed by atoms with Crippen molar-refractivity contribution in [2.24, 2.45) is 0 Å². The third-order valence-corrected chi connectivity index (χ3v) is 2.86. The van der Waals surface area contributed by atoms with E-state index in [1.807, 2.05) is 0 Å². The molecule has 2 aromatic carbocycles. The van der Waals surface area contributed by atoms with E-state index in [0.717, 1.165) is 6.29 Å². The topological polar surface area (TPSA) is 26.3 Å². The fourth-order valence-corrected chi connectivity index (χ4v) is 1.62. The number of carbonyl (C=O) groups is 1. The highest BCUT2D eigenvalue weighted by atomic mass is 35.5. The van der Waals surface area contributed by atoms with Gasteiger partial charge in [0.05, 0.1) is 10.0 Å². The first-order valence-corrected chi connectivity index (χ1v) is 5.63. The van der Waals surface area contributed by atoms with E-state index in [0.29, 0.717) is 27.1 Å². The van der Waals surface area contributed by atoms with Crippen LogP contribution in [0.5, 0.6) is 11.5 Å². The van der Waals surface area contributed by atoms with Gasteiger partial charge in [0, 0.05) is 11.6 Å². The molecule has 86 valence electrons. The smallest absolute Gasteiger partial charge is 0.150 e. The molecule has 0 amide bonds. The van der Waals surface area contributed by atoms with E-state index in [4.69, 9.17) is 27.9 Å². The van der Waals surface area contributed by atoms with Gasteiger partial charge in [-0.3, -0.25) is 4.79 Å². The summed E-state index contributed by atoms with van der Waals surface area (Å²) in [5, 5.41) is 0.899. The minimum Gasteiger partial charge on any atom is -0.457 e. The minimum absolute atomic E-state index is 0.427. The second-order valence-electron chi connectivity index (χ2n) is 3.37. The number of rotatable bonds is 3. The van der Waals surface area contributed by atoms with Crippen LogP contribution in [0.4, 0.5) is 0 Å². The highest BCUT2D eigenvalue weighted by Gasteiger charge is 2.02. The summed E-state index contributed by atoms with van der Waals surface area (Å²) in [6, 6.07) is 11.8. The third-order valence-electron chi connectivity index (χ3n) is 2.12. The Morgan fingerprint density at radius 2 is 1.71 bits per heavy atom. The van der Waals surface area contributed by atoms with Crippen molar-refractivity contribution in [1.82, 2.24) is 0 Å². The van der Waals surface area contributed by atoms with Crippen molar-refractivity contribution in [3.63, 3.8) is 0 Å². The van der Waals surface area contributed by atoms with E-state index in [2.05, 4.69) is 0 Å². The molecule has 0 unspecified atom stereocenters. The predicted molar refractivity (Wildman–Crippen MR) is 68.4 cm³/mol.